The van der Waals surface area contributed by atoms with Crippen molar-refractivity contribution in [3.8, 4) is 10.6 Å². The second-order valence-electron chi connectivity index (χ2n) is 3.73. The Morgan fingerprint density at radius 1 is 1.28 bits per heavy atom. The first-order valence-electron chi connectivity index (χ1n) is 5.69. The Hall–Kier alpha value is -0.680. The van der Waals surface area contributed by atoms with E-state index in [9.17, 15) is 0 Å². The number of nitrogens with zero attached hydrogens (tertiary/aromatic N) is 2. The van der Waals surface area contributed by atoms with E-state index in [4.69, 9.17) is 23.2 Å². The summed E-state index contributed by atoms with van der Waals surface area (Å²) >= 11 is 13.6. The first-order chi connectivity index (χ1) is 8.70. The van der Waals surface area contributed by atoms with Crippen LogP contribution in [0.3, 0.4) is 0 Å². The summed E-state index contributed by atoms with van der Waals surface area (Å²) in [6.07, 6.45) is 0.886. The first-order valence-corrected chi connectivity index (χ1v) is 7.26. The highest BCUT2D eigenvalue weighted by molar-refractivity contribution is 7.14. The Bertz CT molecular complexity index is 528. The van der Waals surface area contributed by atoms with Crippen molar-refractivity contribution < 1.29 is 0 Å². The van der Waals surface area contributed by atoms with Crippen LogP contribution >= 0.6 is 34.5 Å². The van der Waals surface area contributed by atoms with Gasteiger partial charge in [-0.2, -0.15) is 0 Å². The number of nitrogens with one attached hydrogen (secondary N) is 1. The summed E-state index contributed by atoms with van der Waals surface area (Å²) in [6, 6.07) is 5.40. The van der Waals surface area contributed by atoms with Crippen LogP contribution in [0.15, 0.2) is 18.2 Å². The highest BCUT2D eigenvalue weighted by Crippen LogP contribution is 2.32. The molecule has 0 radical (unpaired) electrons. The monoisotopic (exact) mass is 301 g/mol. The van der Waals surface area contributed by atoms with Crippen molar-refractivity contribution in [2.75, 3.05) is 13.1 Å². The van der Waals surface area contributed by atoms with Gasteiger partial charge in [-0.25, -0.2) is 0 Å². The van der Waals surface area contributed by atoms with E-state index in [1.807, 2.05) is 12.1 Å². The van der Waals surface area contributed by atoms with Crippen molar-refractivity contribution in [2.24, 2.45) is 0 Å². The molecule has 2 rings (SSSR count). The summed E-state index contributed by atoms with van der Waals surface area (Å²) in [5.41, 5.74) is 0.883. The van der Waals surface area contributed by atoms with Gasteiger partial charge in [0, 0.05) is 23.6 Å². The van der Waals surface area contributed by atoms with Gasteiger partial charge in [0.1, 0.15) is 10.0 Å². The average molecular weight is 302 g/mol. The Morgan fingerprint density at radius 3 is 2.83 bits per heavy atom. The van der Waals surface area contributed by atoms with Gasteiger partial charge in [-0.3, -0.25) is 0 Å². The summed E-state index contributed by atoms with van der Waals surface area (Å²) in [7, 11) is 0. The summed E-state index contributed by atoms with van der Waals surface area (Å²) < 4.78 is 0. The number of hydrogen-bond donors (Lipinski definition) is 1. The van der Waals surface area contributed by atoms with E-state index < -0.39 is 0 Å². The van der Waals surface area contributed by atoms with Gasteiger partial charge in [-0.05, 0) is 24.7 Å². The number of rotatable bonds is 5. The number of hydrogen-bond acceptors (Lipinski definition) is 4. The molecule has 0 spiro atoms. The fourth-order valence-corrected chi connectivity index (χ4v) is 2.93. The second-order valence-corrected chi connectivity index (χ2v) is 5.63. The molecule has 0 fully saturated rings. The molecule has 0 saturated carbocycles. The van der Waals surface area contributed by atoms with Gasteiger partial charge >= 0.3 is 0 Å². The highest BCUT2D eigenvalue weighted by atomic mass is 35.5. The maximum Gasteiger partial charge on any atom is 0.149 e. The largest absolute Gasteiger partial charge is 0.317 e. The van der Waals surface area contributed by atoms with Gasteiger partial charge < -0.3 is 5.32 Å². The smallest absolute Gasteiger partial charge is 0.149 e. The molecular formula is C12H13Cl2N3S. The predicted molar refractivity (Wildman–Crippen MR) is 77.6 cm³/mol. The molecule has 0 aliphatic carbocycles. The summed E-state index contributed by atoms with van der Waals surface area (Å²) in [5, 5.41) is 14.7. The van der Waals surface area contributed by atoms with Gasteiger partial charge in [-0.15, -0.1) is 10.2 Å². The van der Waals surface area contributed by atoms with E-state index in [-0.39, 0.29) is 0 Å². The number of likely N-dealkylation sites (N-methyl/N-ethyl adjacent to an activating group) is 1. The normalized spacial score (nSPS) is 10.8. The van der Waals surface area contributed by atoms with E-state index in [0.717, 1.165) is 35.1 Å². The minimum Gasteiger partial charge on any atom is -0.317 e. The highest BCUT2D eigenvalue weighted by Gasteiger charge is 2.10. The van der Waals surface area contributed by atoms with Crippen LogP contribution in [0.25, 0.3) is 10.6 Å². The van der Waals surface area contributed by atoms with Crippen LogP contribution in [0.5, 0.6) is 0 Å². The number of halogens is 2. The zero-order valence-electron chi connectivity index (χ0n) is 9.91. The Kier molecular flexibility index (Phi) is 4.95. The fourth-order valence-electron chi connectivity index (χ4n) is 1.50. The molecule has 18 heavy (non-hydrogen) atoms. The minimum absolute atomic E-state index is 0.608. The average Bonchev–Trinajstić information content (AvgIpc) is 2.78. The maximum atomic E-state index is 6.14. The van der Waals surface area contributed by atoms with Gasteiger partial charge in [0.05, 0.1) is 5.02 Å². The molecule has 1 aromatic carbocycles. The van der Waals surface area contributed by atoms with Gasteiger partial charge in [0.25, 0.3) is 0 Å². The molecule has 0 saturated heterocycles. The summed E-state index contributed by atoms with van der Waals surface area (Å²) in [5.74, 6) is 0. The van der Waals surface area contributed by atoms with E-state index in [1.54, 1.807) is 17.4 Å². The van der Waals surface area contributed by atoms with Crippen LogP contribution < -0.4 is 5.32 Å². The minimum atomic E-state index is 0.608. The fraction of sp³-hybridized carbons (Fsp3) is 0.333. The van der Waals surface area contributed by atoms with Crippen LogP contribution in [0.1, 0.15) is 11.9 Å². The van der Waals surface area contributed by atoms with Crippen LogP contribution in [0, 0.1) is 0 Å². The molecule has 0 atom stereocenters. The van der Waals surface area contributed by atoms with Crippen molar-refractivity contribution in [2.45, 2.75) is 13.3 Å². The molecule has 3 nitrogen and oxygen atoms in total. The van der Waals surface area contributed by atoms with Crippen molar-refractivity contribution in [1.82, 2.24) is 15.5 Å². The lowest BCUT2D eigenvalue weighted by Crippen LogP contribution is -2.15. The quantitative estimate of drug-likeness (QED) is 0.856. The molecule has 0 unspecified atom stereocenters. The molecule has 1 heterocycles. The Labute approximate surface area is 120 Å². The first kappa shape index (κ1) is 13.7. The maximum absolute atomic E-state index is 6.14. The number of aromatic nitrogens is 2. The molecule has 6 heteroatoms. The molecule has 0 aliphatic rings. The van der Waals surface area contributed by atoms with Crippen molar-refractivity contribution in [3.05, 3.63) is 33.3 Å². The number of benzene rings is 1. The third-order valence-corrected chi connectivity index (χ3v) is 3.96. The van der Waals surface area contributed by atoms with E-state index >= 15 is 0 Å². The Balaban J connectivity index is 2.13. The third-order valence-electron chi connectivity index (χ3n) is 2.39. The van der Waals surface area contributed by atoms with Crippen molar-refractivity contribution >= 4 is 34.5 Å². The molecule has 0 bridgehead atoms. The van der Waals surface area contributed by atoms with E-state index in [0.29, 0.717) is 10.0 Å². The lowest BCUT2D eigenvalue weighted by atomic mass is 10.2. The third kappa shape index (κ3) is 3.42. The lowest BCUT2D eigenvalue weighted by Gasteiger charge is -1.99. The van der Waals surface area contributed by atoms with Gasteiger partial charge in [0.15, 0.2) is 0 Å². The predicted octanol–water partition coefficient (Wildman–Crippen LogP) is 3.66. The molecule has 0 aliphatic heterocycles. The molecular weight excluding hydrogens is 289 g/mol. The molecule has 96 valence electrons. The van der Waals surface area contributed by atoms with Crippen LogP contribution in [-0.4, -0.2) is 23.3 Å². The summed E-state index contributed by atoms with van der Waals surface area (Å²) in [6.45, 7) is 3.97. The van der Waals surface area contributed by atoms with E-state index in [1.165, 1.54) is 0 Å². The molecule has 2 aromatic rings. The second kappa shape index (κ2) is 6.48. The Morgan fingerprint density at radius 2 is 2.11 bits per heavy atom. The topological polar surface area (TPSA) is 37.8 Å². The lowest BCUT2D eigenvalue weighted by molar-refractivity contribution is 0.710. The van der Waals surface area contributed by atoms with Crippen LogP contribution in [-0.2, 0) is 6.42 Å². The van der Waals surface area contributed by atoms with Gasteiger partial charge in [0.2, 0.25) is 0 Å². The zero-order valence-corrected chi connectivity index (χ0v) is 12.2. The van der Waals surface area contributed by atoms with Crippen LogP contribution in [0.2, 0.25) is 10.0 Å². The summed E-state index contributed by atoms with van der Waals surface area (Å²) in [4.78, 5) is 0. The van der Waals surface area contributed by atoms with E-state index in [2.05, 4.69) is 22.4 Å². The zero-order chi connectivity index (χ0) is 13.0. The van der Waals surface area contributed by atoms with Crippen LogP contribution in [0.4, 0.5) is 0 Å². The molecule has 0 amide bonds. The van der Waals surface area contributed by atoms with Crippen molar-refractivity contribution in [3.63, 3.8) is 0 Å². The SMILES string of the molecule is CCNCCc1nnc(-c2ccc(Cl)cc2Cl)s1. The van der Waals surface area contributed by atoms with Gasteiger partial charge in [-0.1, -0.05) is 41.5 Å². The standard InChI is InChI=1S/C12H13Cl2N3S/c1-2-15-6-5-11-16-17-12(18-11)9-4-3-8(13)7-10(9)14/h3-4,7,15H,2,5-6H2,1H3. The van der Waals surface area contributed by atoms with Crippen molar-refractivity contribution in [1.29, 1.82) is 0 Å². The molecule has 1 N–H and O–H groups in total. The molecule has 1 aromatic heterocycles.